The van der Waals surface area contributed by atoms with Gasteiger partial charge in [-0.2, -0.15) is 0 Å². The van der Waals surface area contributed by atoms with Crippen LogP contribution in [0.5, 0.6) is 23.0 Å². The molecule has 0 N–H and O–H groups in total. The van der Waals surface area contributed by atoms with Crippen molar-refractivity contribution in [1.82, 2.24) is 0 Å². The SMILES string of the molecule is CCCCCCC1(CCCCCC)c2cc(/C=C/c3ccc(Oc4ccc5c(c4)C(=O)OC5=O)cc3)ccc2-c2ccc(/C=C/c3ccc(Oc4ccc5c(c4)C(=O)OC5=O)cc3)cc21. The van der Waals surface area contributed by atoms with Crippen LogP contribution < -0.4 is 9.47 Å². The van der Waals surface area contributed by atoms with Crippen molar-refractivity contribution < 1.29 is 38.1 Å². The Bertz CT molecular complexity index is 2670. The summed E-state index contributed by atoms with van der Waals surface area (Å²) in [6, 6.07) is 39.1. The van der Waals surface area contributed by atoms with E-state index in [0.717, 1.165) is 35.1 Å². The van der Waals surface area contributed by atoms with Gasteiger partial charge in [-0.25, -0.2) is 19.2 Å². The van der Waals surface area contributed by atoms with Crippen LogP contribution in [-0.2, 0) is 14.9 Å². The highest BCUT2D eigenvalue weighted by atomic mass is 16.6. The number of cyclic esters (lactones) is 4. The molecule has 326 valence electrons. The second-order valence-corrected chi connectivity index (χ2v) is 17.1. The van der Waals surface area contributed by atoms with E-state index in [4.69, 9.17) is 18.9 Å². The lowest BCUT2D eigenvalue weighted by molar-refractivity contribution is 0.0425. The van der Waals surface area contributed by atoms with Gasteiger partial charge < -0.3 is 18.9 Å². The summed E-state index contributed by atoms with van der Waals surface area (Å²) in [6.07, 6.45) is 20.5. The molecule has 0 fully saturated rings. The number of esters is 4. The average Bonchev–Trinajstić information content (AvgIpc) is 3.88. The fraction of sp³-hybridized carbons (Fsp3) is 0.228. The molecule has 8 heteroatoms. The van der Waals surface area contributed by atoms with Gasteiger partial charge in [0.05, 0.1) is 22.3 Å². The normalized spacial score (nSPS) is 14.4. The first kappa shape index (κ1) is 43.0. The van der Waals surface area contributed by atoms with Crippen LogP contribution in [0.4, 0.5) is 0 Å². The van der Waals surface area contributed by atoms with Gasteiger partial charge in [-0.15, -0.1) is 0 Å². The van der Waals surface area contributed by atoms with Gasteiger partial charge in [-0.05, 0) is 118 Å². The van der Waals surface area contributed by atoms with Crippen molar-refractivity contribution in [1.29, 1.82) is 0 Å². The maximum absolute atomic E-state index is 12.0. The summed E-state index contributed by atoms with van der Waals surface area (Å²) in [4.78, 5) is 47.8. The van der Waals surface area contributed by atoms with E-state index in [2.05, 4.69) is 74.5 Å². The van der Waals surface area contributed by atoms with E-state index in [9.17, 15) is 19.2 Å². The molecule has 9 rings (SSSR count). The van der Waals surface area contributed by atoms with E-state index >= 15 is 0 Å². The average molecular weight is 863 g/mol. The first-order valence-corrected chi connectivity index (χ1v) is 22.7. The molecule has 0 spiro atoms. The highest BCUT2D eigenvalue weighted by Crippen LogP contribution is 2.55. The fourth-order valence-corrected chi connectivity index (χ4v) is 9.32. The van der Waals surface area contributed by atoms with Crippen LogP contribution >= 0.6 is 0 Å². The summed E-state index contributed by atoms with van der Waals surface area (Å²) >= 11 is 0. The molecular weight excluding hydrogens is 813 g/mol. The lowest BCUT2D eigenvalue weighted by atomic mass is 9.70. The first-order chi connectivity index (χ1) is 31.7. The third-order valence-electron chi connectivity index (χ3n) is 12.7. The quantitative estimate of drug-likeness (QED) is 0.0364. The van der Waals surface area contributed by atoms with E-state index in [0.29, 0.717) is 23.0 Å². The van der Waals surface area contributed by atoms with Crippen molar-refractivity contribution in [3.8, 4) is 34.1 Å². The van der Waals surface area contributed by atoms with Crippen molar-refractivity contribution >= 4 is 48.2 Å². The Hall–Kier alpha value is -7.32. The number of carbonyl (C=O) groups excluding carboxylic acids is 4. The van der Waals surface area contributed by atoms with Crippen LogP contribution in [-0.4, -0.2) is 23.9 Å². The first-order valence-electron chi connectivity index (χ1n) is 22.7. The second-order valence-electron chi connectivity index (χ2n) is 17.1. The van der Waals surface area contributed by atoms with Crippen LogP contribution in [0.1, 0.15) is 153 Å². The van der Waals surface area contributed by atoms with Crippen molar-refractivity contribution in [3.05, 3.63) is 177 Å². The molecule has 65 heavy (non-hydrogen) atoms. The van der Waals surface area contributed by atoms with Crippen LogP contribution in [0.2, 0.25) is 0 Å². The molecule has 2 heterocycles. The number of unbranched alkanes of at least 4 members (excludes halogenated alkanes) is 6. The molecule has 6 aromatic carbocycles. The number of hydrogen-bond donors (Lipinski definition) is 0. The fourth-order valence-electron chi connectivity index (χ4n) is 9.32. The number of hydrogen-bond acceptors (Lipinski definition) is 8. The molecule has 0 amide bonds. The molecule has 0 aromatic heterocycles. The minimum Gasteiger partial charge on any atom is -0.457 e. The molecule has 0 bridgehead atoms. The van der Waals surface area contributed by atoms with Gasteiger partial charge in [-0.1, -0.05) is 150 Å². The van der Waals surface area contributed by atoms with Gasteiger partial charge in [0.2, 0.25) is 0 Å². The lowest BCUT2D eigenvalue weighted by Gasteiger charge is -2.33. The molecule has 0 saturated heterocycles. The van der Waals surface area contributed by atoms with Gasteiger partial charge in [0.1, 0.15) is 23.0 Å². The van der Waals surface area contributed by atoms with E-state index < -0.39 is 23.9 Å². The summed E-state index contributed by atoms with van der Waals surface area (Å²) in [7, 11) is 0. The van der Waals surface area contributed by atoms with Gasteiger partial charge in [0.25, 0.3) is 0 Å². The van der Waals surface area contributed by atoms with Gasteiger partial charge in [-0.3, -0.25) is 0 Å². The number of ether oxygens (including phenoxy) is 4. The monoisotopic (exact) mass is 862 g/mol. The Morgan fingerprint density at radius 1 is 0.385 bits per heavy atom. The molecule has 0 atom stereocenters. The van der Waals surface area contributed by atoms with E-state index in [1.807, 2.05) is 48.5 Å². The number of benzene rings is 6. The molecule has 0 radical (unpaired) electrons. The molecule has 3 aliphatic rings. The molecule has 1 aliphatic carbocycles. The zero-order valence-electron chi connectivity index (χ0n) is 36.7. The third-order valence-corrected chi connectivity index (χ3v) is 12.7. The van der Waals surface area contributed by atoms with E-state index in [1.165, 1.54) is 73.6 Å². The lowest BCUT2D eigenvalue weighted by Crippen LogP contribution is -2.25. The largest absolute Gasteiger partial charge is 0.457 e. The third kappa shape index (κ3) is 9.07. The summed E-state index contributed by atoms with van der Waals surface area (Å²) < 4.78 is 21.5. The number of fused-ring (bicyclic) bond motifs is 5. The van der Waals surface area contributed by atoms with E-state index in [-0.39, 0.29) is 27.7 Å². The smallest absolute Gasteiger partial charge is 0.347 e. The minimum atomic E-state index is -0.659. The summed E-state index contributed by atoms with van der Waals surface area (Å²) in [6.45, 7) is 4.54. The maximum Gasteiger partial charge on any atom is 0.347 e. The van der Waals surface area contributed by atoms with Gasteiger partial charge >= 0.3 is 23.9 Å². The molecule has 8 nitrogen and oxygen atoms in total. The molecule has 0 unspecified atom stereocenters. The van der Waals surface area contributed by atoms with Crippen molar-refractivity contribution in [2.45, 2.75) is 83.5 Å². The maximum atomic E-state index is 12.0. The standard InChI is InChI=1S/C57H50O8/c1-3-5-7-9-31-57(32-10-8-6-4-2)51-33-39(13-11-37-15-21-41(22-16-37)62-43-25-29-47-49(35-43)55(60)64-53(47)58)19-27-45(51)46-28-20-40(34-52(46)57)14-12-38-17-23-42(24-18-38)63-44-26-30-48-50(36-44)56(61)65-54(48)59/h11-30,33-36H,3-10,31-32H2,1-2H3/b13-11+,14-12+. The minimum absolute atomic E-state index is 0.0962. The van der Waals surface area contributed by atoms with Crippen LogP contribution in [0.3, 0.4) is 0 Å². The summed E-state index contributed by atoms with van der Waals surface area (Å²) in [5, 5.41) is 0. The highest BCUT2D eigenvalue weighted by molar-refractivity contribution is 6.15. The Labute approximate surface area is 379 Å². The van der Waals surface area contributed by atoms with Crippen LogP contribution in [0, 0.1) is 0 Å². The molecular formula is C57H50O8. The number of carbonyl (C=O) groups is 4. The topological polar surface area (TPSA) is 105 Å². The Kier molecular flexibility index (Phi) is 12.4. The predicted molar refractivity (Wildman–Crippen MR) is 253 cm³/mol. The molecule has 2 aliphatic heterocycles. The molecule has 6 aromatic rings. The van der Waals surface area contributed by atoms with Crippen molar-refractivity contribution in [2.24, 2.45) is 0 Å². The Balaban J connectivity index is 0.951. The van der Waals surface area contributed by atoms with Crippen LogP contribution in [0.25, 0.3) is 35.4 Å². The summed E-state index contributed by atoms with van der Waals surface area (Å²) in [5.74, 6) is -0.441. The van der Waals surface area contributed by atoms with Gasteiger partial charge in [0, 0.05) is 5.41 Å². The van der Waals surface area contributed by atoms with Crippen LogP contribution in [0.15, 0.2) is 121 Å². The molecule has 0 saturated carbocycles. The second kappa shape index (κ2) is 18.8. The zero-order valence-corrected chi connectivity index (χ0v) is 36.7. The Morgan fingerprint density at radius 2 is 0.738 bits per heavy atom. The van der Waals surface area contributed by atoms with Crippen molar-refractivity contribution in [3.63, 3.8) is 0 Å². The predicted octanol–water partition coefficient (Wildman–Crippen LogP) is 14.4. The summed E-state index contributed by atoms with van der Waals surface area (Å²) in [5.41, 5.74) is 10.7. The zero-order chi connectivity index (χ0) is 44.9. The van der Waals surface area contributed by atoms with Gasteiger partial charge in [0.15, 0.2) is 0 Å². The highest BCUT2D eigenvalue weighted by Gasteiger charge is 2.42. The van der Waals surface area contributed by atoms with E-state index in [1.54, 1.807) is 36.4 Å². The van der Waals surface area contributed by atoms with Crippen molar-refractivity contribution in [2.75, 3.05) is 0 Å². The number of rotatable bonds is 18. The Morgan fingerprint density at radius 3 is 1.15 bits per heavy atom.